The van der Waals surface area contributed by atoms with E-state index in [4.69, 9.17) is 0 Å². The van der Waals surface area contributed by atoms with Gasteiger partial charge in [-0.1, -0.05) is 18.2 Å². The average molecular weight is 382 g/mol. The van der Waals surface area contributed by atoms with Gasteiger partial charge in [-0.25, -0.2) is 9.36 Å². The number of para-hydroxylation sites is 1. The number of benzene rings is 1. The summed E-state index contributed by atoms with van der Waals surface area (Å²) in [6.45, 7) is 6.65. The molecule has 1 amide bonds. The highest BCUT2D eigenvalue weighted by Gasteiger charge is 2.22. The number of aromatic nitrogens is 4. The van der Waals surface area contributed by atoms with Crippen LogP contribution in [0.2, 0.25) is 0 Å². The number of hydrogen-bond acceptors (Lipinski definition) is 5. The van der Waals surface area contributed by atoms with Gasteiger partial charge in [-0.15, -0.1) is 0 Å². The molecule has 8 heteroatoms. The van der Waals surface area contributed by atoms with E-state index < -0.39 is 6.04 Å². The average Bonchev–Trinajstić information content (AvgIpc) is 3.02. The molecule has 0 aliphatic rings. The van der Waals surface area contributed by atoms with Crippen LogP contribution in [0.25, 0.3) is 16.6 Å². The van der Waals surface area contributed by atoms with Gasteiger partial charge in [0.15, 0.2) is 5.52 Å². The summed E-state index contributed by atoms with van der Waals surface area (Å²) >= 11 is 0. The minimum absolute atomic E-state index is 0.241. The van der Waals surface area contributed by atoms with E-state index in [2.05, 4.69) is 15.5 Å². The van der Waals surface area contributed by atoms with Crippen molar-refractivity contribution in [2.24, 2.45) is 0 Å². The van der Waals surface area contributed by atoms with Gasteiger partial charge in [-0.05, 0) is 47.0 Å². The quantitative estimate of drug-likeness (QED) is 0.697. The molecule has 3 aromatic rings. The lowest BCUT2D eigenvalue weighted by Crippen LogP contribution is -2.39. The molecule has 148 valence electrons. The van der Waals surface area contributed by atoms with Crippen LogP contribution in [0, 0.1) is 13.8 Å². The third-order valence-corrected chi connectivity index (χ3v) is 4.75. The summed E-state index contributed by atoms with van der Waals surface area (Å²) in [5, 5.41) is 12.5. The number of carbonyl (C=O) groups is 1. The molecule has 8 nitrogen and oxygen atoms in total. The third kappa shape index (κ3) is 3.68. The molecule has 0 aliphatic heterocycles. The first kappa shape index (κ1) is 19.8. The normalized spacial score (nSPS) is 12.5. The Morgan fingerprint density at radius 3 is 2.50 bits per heavy atom. The first-order valence-corrected chi connectivity index (χ1v) is 9.28. The topological polar surface area (TPSA) is 85.1 Å². The number of amides is 1. The maximum Gasteiger partial charge on any atom is 0.295 e. The van der Waals surface area contributed by atoms with Gasteiger partial charge in [-0.3, -0.25) is 9.59 Å². The van der Waals surface area contributed by atoms with Gasteiger partial charge in [0, 0.05) is 13.1 Å². The van der Waals surface area contributed by atoms with Crippen molar-refractivity contribution >= 4 is 16.8 Å². The zero-order valence-corrected chi connectivity index (χ0v) is 16.9. The molecule has 0 saturated carbocycles. The van der Waals surface area contributed by atoms with Crippen LogP contribution in [0.5, 0.6) is 0 Å². The summed E-state index contributed by atoms with van der Waals surface area (Å²) < 4.78 is 2.97. The Hall–Kier alpha value is -3.00. The number of likely N-dealkylation sites (N-methyl/N-ethyl adjacent to an activating group) is 1. The van der Waals surface area contributed by atoms with Gasteiger partial charge in [-0.2, -0.15) is 10.2 Å². The summed E-state index contributed by atoms with van der Waals surface area (Å²) in [5.74, 6) is -0.241. The Bertz CT molecular complexity index is 1050. The van der Waals surface area contributed by atoms with E-state index in [1.54, 1.807) is 11.6 Å². The fourth-order valence-electron chi connectivity index (χ4n) is 3.20. The Kier molecular flexibility index (Phi) is 5.60. The lowest BCUT2D eigenvalue weighted by Gasteiger charge is -2.16. The molecule has 0 saturated heterocycles. The van der Waals surface area contributed by atoms with Crippen LogP contribution in [0.4, 0.5) is 0 Å². The Morgan fingerprint density at radius 2 is 1.86 bits per heavy atom. The molecule has 2 heterocycles. The smallest absolute Gasteiger partial charge is 0.295 e. The number of carbonyl (C=O) groups excluding carboxylic acids is 1. The van der Waals surface area contributed by atoms with E-state index in [0.717, 1.165) is 23.3 Å². The molecule has 2 aromatic heterocycles. The lowest BCUT2D eigenvalue weighted by molar-refractivity contribution is -0.124. The van der Waals surface area contributed by atoms with Crippen LogP contribution in [0.15, 0.2) is 35.1 Å². The fourth-order valence-corrected chi connectivity index (χ4v) is 3.20. The SMILES string of the molecule is Cc1nn([C@@H](C)C(=O)NCCN(C)C)c(=O)c2nn(-c3ccccc3)c(C)c12. The number of nitrogens with one attached hydrogen (secondary N) is 1. The number of rotatable bonds is 6. The van der Waals surface area contributed by atoms with E-state index in [-0.39, 0.29) is 11.5 Å². The second kappa shape index (κ2) is 7.93. The second-order valence-electron chi connectivity index (χ2n) is 7.16. The minimum Gasteiger partial charge on any atom is -0.353 e. The van der Waals surface area contributed by atoms with Gasteiger partial charge in [0.1, 0.15) is 6.04 Å². The number of fused-ring (bicyclic) bond motifs is 1. The number of aryl methyl sites for hydroxylation is 2. The Labute approximate surface area is 163 Å². The van der Waals surface area contributed by atoms with Crippen molar-refractivity contribution in [3.63, 3.8) is 0 Å². The monoisotopic (exact) mass is 382 g/mol. The van der Waals surface area contributed by atoms with Crippen molar-refractivity contribution in [1.29, 1.82) is 0 Å². The fraction of sp³-hybridized carbons (Fsp3) is 0.400. The minimum atomic E-state index is -0.722. The Morgan fingerprint density at radius 1 is 1.18 bits per heavy atom. The molecule has 0 unspecified atom stereocenters. The lowest BCUT2D eigenvalue weighted by atomic mass is 10.2. The van der Waals surface area contributed by atoms with E-state index >= 15 is 0 Å². The highest BCUT2D eigenvalue weighted by Crippen LogP contribution is 2.21. The maximum atomic E-state index is 13.0. The maximum absolute atomic E-state index is 13.0. The highest BCUT2D eigenvalue weighted by molar-refractivity contribution is 5.84. The molecule has 0 radical (unpaired) electrons. The molecule has 0 bridgehead atoms. The van der Waals surface area contributed by atoms with Gasteiger partial charge in [0.2, 0.25) is 5.91 Å². The standard InChI is InChI=1S/C20H26N6O2/c1-13-17-14(2)25(16-9-7-6-8-10-16)23-18(17)20(28)26(22-13)15(3)19(27)21-11-12-24(4)5/h6-10,15H,11-12H2,1-5H3,(H,21,27)/t15-/m0/s1. The van der Waals surface area contributed by atoms with Crippen LogP contribution < -0.4 is 10.9 Å². The molecule has 0 aliphatic carbocycles. The van der Waals surface area contributed by atoms with Crippen LogP contribution in [0.1, 0.15) is 24.4 Å². The van der Waals surface area contributed by atoms with E-state index in [9.17, 15) is 9.59 Å². The second-order valence-corrected chi connectivity index (χ2v) is 7.16. The van der Waals surface area contributed by atoms with E-state index in [1.807, 2.05) is 63.2 Å². The summed E-state index contributed by atoms with van der Waals surface area (Å²) in [7, 11) is 3.87. The molecule has 1 aromatic carbocycles. The summed E-state index contributed by atoms with van der Waals surface area (Å²) in [5.41, 5.74) is 2.34. The molecule has 1 atom stereocenters. The molecule has 1 N–H and O–H groups in total. The molecule has 0 spiro atoms. The van der Waals surface area contributed by atoms with Crippen LogP contribution in [-0.4, -0.2) is 57.6 Å². The van der Waals surface area contributed by atoms with Gasteiger partial charge in [0.05, 0.1) is 22.5 Å². The van der Waals surface area contributed by atoms with Crippen molar-refractivity contribution in [3.8, 4) is 5.69 Å². The Balaban J connectivity index is 2.01. The number of nitrogens with zero attached hydrogens (tertiary/aromatic N) is 5. The highest BCUT2D eigenvalue weighted by atomic mass is 16.2. The van der Waals surface area contributed by atoms with Crippen molar-refractivity contribution in [1.82, 2.24) is 29.8 Å². The van der Waals surface area contributed by atoms with E-state index in [1.165, 1.54) is 4.68 Å². The summed E-state index contributed by atoms with van der Waals surface area (Å²) in [6, 6.07) is 8.91. The predicted octanol–water partition coefficient (Wildman–Crippen LogP) is 1.44. The number of hydrogen-bond donors (Lipinski definition) is 1. The van der Waals surface area contributed by atoms with Crippen LogP contribution in [0.3, 0.4) is 0 Å². The summed E-state index contributed by atoms with van der Waals surface area (Å²) in [6.07, 6.45) is 0. The van der Waals surface area contributed by atoms with Gasteiger partial charge in [0.25, 0.3) is 5.56 Å². The zero-order valence-electron chi connectivity index (χ0n) is 16.9. The van der Waals surface area contributed by atoms with Crippen molar-refractivity contribution in [3.05, 3.63) is 52.1 Å². The summed E-state index contributed by atoms with van der Waals surface area (Å²) in [4.78, 5) is 27.5. The molecular formula is C20H26N6O2. The largest absolute Gasteiger partial charge is 0.353 e. The molecular weight excluding hydrogens is 356 g/mol. The van der Waals surface area contributed by atoms with Crippen molar-refractivity contribution in [2.45, 2.75) is 26.8 Å². The zero-order chi connectivity index (χ0) is 20.4. The van der Waals surface area contributed by atoms with Crippen LogP contribution >= 0.6 is 0 Å². The van der Waals surface area contributed by atoms with Crippen LogP contribution in [-0.2, 0) is 4.79 Å². The molecule has 3 rings (SSSR count). The van der Waals surface area contributed by atoms with E-state index in [0.29, 0.717) is 17.8 Å². The van der Waals surface area contributed by atoms with Crippen molar-refractivity contribution < 1.29 is 4.79 Å². The van der Waals surface area contributed by atoms with Crippen molar-refractivity contribution in [2.75, 3.05) is 27.2 Å². The van der Waals surface area contributed by atoms with Gasteiger partial charge >= 0.3 is 0 Å². The molecule has 28 heavy (non-hydrogen) atoms. The predicted molar refractivity (Wildman–Crippen MR) is 109 cm³/mol. The first-order valence-electron chi connectivity index (χ1n) is 9.28. The molecule has 0 fully saturated rings. The third-order valence-electron chi connectivity index (χ3n) is 4.75. The first-order chi connectivity index (χ1) is 13.3. The van der Waals surface area contributed by atoms with Gasteiger partial charge < -0.3 is 10.2 Å².